The molecule has 0 radical (unpaired) electrons. The molecule has 170 valence electrons. The number of ether oxygens (including phenoxy) is 1. The highest BCUT2D eigenvalue weighted by Crippen LogP contribution is 2.26. The van der Waals surface area contributed by atoms with Crippen LogP contribution in [0.4, 0.5) is 15.4 Å². The zero-order valence-electron chi connectivity index (χ0n) is 19.6. The lowest BCUT2D eigenvalue weighted by molar-refractivity contribution is 0.0527. The van der Waals surface area contributed by atoms with Gasteiger partial charge in [0.2, 0.25) is 0 Å². The number of urea groups is 1. The molecule has 0 fully saturated rings. The van der Waals surface area contributed by atoms with E-state index in [2.05, 4.69) is 36.7 Å². The molecule has 0 bridgehead atoms. The molecule has 1 heterocycles. The summed E-state index contributed by atoms with van der Waals surface area (Å²) in [6, 6.07) is 9.53. The van der Waals surface area contributed by atoms with Gasteiger partial charge in [0.15, 0.2) is 0 Å². The number of carbonyl (C=O) groups excluding carboxylic acids is 2. The van der Waals surface area contributed by atoms with Crippen molar-refractivity contribution in [2.24, 2.45) is 0 Å². The monoisotopic (exact) mass is 429 g/mol. The lowest BCUT2D eigenvalue weighted by Gasteiger charge is -2.19. The number of anilines is 1. The number of hydrogen-bond donors (Lipinski definition) is 3. The molecule has 0 spiro atoms. The fourth-order valence-electron chi connectivity index (χ4n) is 2.67. The number of nitrogens with zero attached hydrogens (tertiary/aromatic N) is 2. The summed E-state index contributed by atoms with van der Waals surface area (Å²) < 4.78 is 6.92. The second kappa shape index (κ2) is 9.85. The lowest BCUT2D eigenvalue weighted by atomic mass is 9.92. The second-order valence-corrected chi connectivity index (χ2v) is 9.58. The maximum absolute atomic E-state index is 12.4. The molecule has 0 saturated carbocycles. The SMILES string of the molecule is Cc1ccc(-n2nc(C(C)(C)C)cc2NC(=O)NCCCNC(=O)OC(C)(C)C)cc1. The van der Waals surface area contributed by atoms with Crippen molar-refractivity contribution in [1.82, 2.24) is 20.4 Å². The number of amides is 3. The van der Waals surface area contributed by atoms with E-state index in [1.165, 1.54) is 0 Å². The van der Waals surface area contributed by atoms with Gasteiger partial charge in [-0.05, 0) is 46.2 Å². The maximum atomic E-state index is 12.4. The first-order chi connectivity index (χ1) is 14.3. The summed E-state index contributed by atoms with van der Waals surface area (Å²) in [5.74, 6) is 0.596. The minimum atomic E-state index is -0.533. The fraction of sp³-hybridized carbons (Fsp3) is 0.522. The van der Waals surface area contributed by atoms with Crippen molar-refractivity contribution in [2.45, 2.75) is 65.9 Å². The molecule has 8 nitrogen and oxygen atoms in total. The third kappa shape index (κ3) is 7.96. The van der Waals surface area contributed by atoms with Crippen LogP contribution in [0, 0.1) is 6.92 Å². The molecule has 0 aliphatic heterocycles. The third-order valence-corrected chi connectivity index (χ3v) is 4.31. The van der Waals surface area contributed by atoms with Crippen LogP contribution in [0.25, 0.3) is 5.69 Å². The average molecular weight is 430 g/mol. The van der Waals surface area contributed by atoms with Gasteiger partial charge in [0.1, 0.15) is 11.4 Å². The van der Waals surface area contributed by atoms with Crippen molar-refractivity contribution in [3.8, 4) is 5.69 Å². The van der Waals surface area contributed by atoms with Crippen molar-refractivity contribution in [3.05, 3.63) is 41.6 Å². The number of aryl methyl sites for hydroxylation is 1. The van der Waals surface area contributed by atoms with Crippen LogP contribution < -0.4 is 16.0 Å². The molecule has 0 saturated heterocycles. The number of hydrogen-bond acceptors (Lipinski definition) is 4. The fourth-order valence-corrected chi connectivity index (χ4v) is 2.67. The first-order valence-electron chi connectivity index (χ1n) is 10.5. The summed E-state index contributed by atoms with van der Waals surface area (Å²) in [6.45, 7) is 14.5. The van der Waals surface area contributed by atoms with Crippen LogP contribution in [0.5, 0.6) is 0 Å². The zero-order chi connectivity index (χ0) is 23.2. The van der Waals surface area contributed by atoms with Gasteiger partial charge in [0, 0.05) is 24.6 Å². The summed E-state index contributed by atoms with van der Waals surface area (Å²) in [6.07, 6.45) is 0.116. The number of nitrogens with one attached hydrogen (secondary N) is 3. The molecule has 8 heteroatoms. The highest BCUT2D eigenvalue weighted by atomic mass is 16.6. The summed E-state index contributed by atoms with van der Waals surface area (Å²) in [7, 11) is 0. The van der Waals surface area contributed by atoms with E-state index < -0.39 is 11.7 Å². The minimum absolute atomic E-state index is 0.157. The van der Waals surface area contributed by atoms with Crippen LogP contribution in [0.1, 0.15) is 59.2 Å². The standard InChI is InChI=1S/C23H35N5O3/c1-16-9-11-17(12-10-16)28-19(15-18(27-28)22(2,3)4)26-20(29)24-13-8-14-25-21(30)31-23(5,6)7/h9-12,15H,8,13-14H2,1-7H3,(H,25,30)(H2,24,26,29). The van der Waals surface area contributed by atoms with E-state index in [0.717, 1.165) is 16.9 Å². The molecule has 0 aliphatic carbocycles. The van der Waals surface area contributed by atoms with Gasteiger partial charge in [-0.15, -0.1) is 0 Å². The molecule has 3 amide bonds. The molecular formula is C23H35N5O3. The molecule has 0 aliphatic rings. The second-order valence-electron chi connectivity index (χ2n) is 9.58. The van der Waals surface area contributed by atoms with E-state index in [-0.39, 0.29) is 11.4 Å². The summed E-state index contributed by atoms with van der Waals surface area (Å²) in [4.78, 5) is 24.0. The Balaban J connectivity index is 1.94. The van der Waals surface area contributed by atoms with Gasteiger partial charge in [-0.1, -0.05) is 38.5 Å². The number of alkyl carbamates (subject to hydrolysis) is 1. The van der Waals surface area contributed by atoms with E-state index in [1.807, 2.05) is 58.0 Å². The van der Waals surface area contributed by atoms with Crippen molar-refractivity contribution < 1.29 is 14.3 Å². The van der Waals surface area contributed by atoms with Crippen molar-refractivity contribution in [2.75, 3.05) is 18.4 Å². The van der Waals surface area contributed by atoms with E-state index in [4.69, 9.17) is 9.84 Å². The van der Waals surface area contributed by atoms with Gasteiger partial charge in [-0.25, -0.2) is 14.3 Å². The van der Waals surface area contributed by atoms with Crippen molar-refractivity contribution in [1.29, 1.82) is 0 Å². The molecule has 1 aromatic carbocycles. The average Bonchev–Trinajstić information content (AvgIpc) is 3.04. The van der Waals surface area contributed by atoms with E-state index >= 15 is 0 Å². The normalized spacial score (nSPS) is 11.7. The molecule has 0 unspecified atom stereocenters. The van der Waals surface area contributed by atoms with Crippen LogP contribution in [0.2, 0.25) is 0 Å². The Morgan fingerprint density at radius 1 is 1.00 bits per heavy atom. The van der Waals surface area contributed by atoms with Gasteiger partial charge in [0.25, 0.3) is 0 Å². The van der Waals surface area contributed by atoms with Crippen LogP contribution in [-0.2, 0) is 10.2 Å². The predicted molar refractivity (Wildman–Crippen MR) is 123 cm³/mol. The van der Waals surface area contributed by atoms with Crippen molar-refractivity contribution in [3.63, 3.8) is 0 Å². The van der Waals surface area contributed by atoms with E-state index in [9.17, 15) is 9.59 Å². The quantitative estimate of drug-likeness (QED) is 0.588. The van der Waals surface area contributed by atoms with Gasteiger partial charge in [-0.3, -0.25) is 5.32 Å². The minimum Gasteiger partial charge on any atom is -0.444 e. The highest BCUT2D eigenvalue weighted by molar-refractivity contribution is 5.88. The molecule has 31 heavy (non-hydrogen) atoms. The highest BCUT2D eigenvalue weighted by Gasteiger charge is 2.21. The Morgan fingerprint density at radius 3 is 2.19 bits per heavy atom. The van der Waals surface area contributed by atoms with Crippen LogP contribution >= 0.6 is 0 Å². The largest absolute Gasteiger partial charge is 0.444 e. The van der Waals surface area contributed by atoms with Crippen LogP contribution in [-0.4, -0.2) is 40.6 Å². The van der Waals surface area contributed by atoms with Gasteiger partial charge in [0.05, 0.1) is 11.4 Å². The summed E-state index contributed by atoms with van der Waals surface area (Å²) in [5, 5.41) is 13.1. The van der Waals surface area contributed by atoms with E-state index in [0.29, 0.717) is 25.3 Å². The third-order valence-electron chi connectivity index (χ3n) is 4.31. The Morgan fingerprint density at radius 2 is 1.61 bits per heavy atom. The van der Waals surface area contributed by atoms with Gasteiger partial charge < -0.3 is 15.4 Å². The number of carbonyl (C=O) groups is 2. The van der Waals surface area contributed by atoms with Crippen LogP contribution in [0.3, 0.4) is 0 Å². The first kappa shape index (κ1) is 24.2. The maximum Gasteiger partial charge on any atom is 0.407 e. The molecule has 0 atom stereocenters. The first-order valence-corrected chi connectivity index (χ1v) is 10.5. The molecule has 3 N–H and O–H groups in total. The lowest BCUT2D eigenvalue weighted by Crippen LogP contribution is -2.35. The Labute approximate surface area is 184 Å². The van der Waals surface area contributed by atoms with E-state index in [1.54, 1.807) is 4.68 Å². The zero-order valence-corrected chi connectivity index (χ0v) is 19.6. The summed E-state index contributed by atoms with van der Waals surface area (Å²) >= 11 is 0. The smallest absolute Gasteiger partial charge is 0.407 e. The molecule has 1 aromatic heterocycles. The van der Waals surface area contributed by atoms with Gasteiger partial charge >= 0.3 is 12.1 Å². The predicted octanol–water partition coefficient (Wildman–Crippen LogP) is 4.51. The molecule has 2 aromatic rings. The number of benzene rings is 1. The number of rotatable bonds is 6. The van der Waals surface area contributed by atoms with Gasteiger partial charge in [-0.2, -0.15) is 5.10 Å². The molecular weight excluding hydrogens is 394 g/mol. The topological polar surface area (TPSA) is 97.3 Å². The van der Waals surface area contributed by atoms with Crippen LogP contribution in [0.15, 0.2) is 30.3 Å². The Kier molecular flexibility index (Phi) is 7.70. The van der Waals surface area contributed by atoms with Crippen molar-refractivity contribution >= 4 is 17.9 Å². The Bertz CT molecular complexity index is 889. The molecule has 2 rings (SSSR count). The number of aromatic nitrogens is 2. The summed E-state index contributed by atoms with van der Waals surface area (Å²) in [5.41, 5.74) is 2.21. The Hall–Kier alpha value is -3.03.